The predicted molar refractivity (Wildman–Crippen MR) is 81.0 cm³/mol. The molecule has 0 atom stereocenters. The first-order valence-corrected chi connectivity index (χ1v) is 7.17. The van der Waals surface area contributed by atoms with Crippen LogP contribution in [-0.2, 0) is 11.3 Å². The minimum absolute atomic E-state index is 0.142. The van der Waals surface area contributed by atoms with E-state index < -0.39 is 11.7 Å². The lowest BCUT2D eigenvalue weighted by Crippen LogP contribution is -2.37. The largest absolute Gasteiger partial charge is 0.442 e. The molecule has 0 aromatic carbocycles. The predicted octanol–water partition coefficient (Wildman–Crippen LogP) is 0.554. The van der Waals surface area contributed by atoms with Crippen LogP contribution >= 0.6 is 0 Å². The van der Waals surface area contributed by atoms with Crippen molar-refractivity contribution >= 4 is 5.91 Å². The molecule has 2 aromatic heterocycles. The number of carbonyl (C=O) groups is 1. The Kier molecular flexibility index (Phi) is 5.81. The van der Waals surface area contributed by atoms with Crippen LogP contribution < -0.4 is 5.76 Å². The molecule has 9 nitrogen and oxygen atoms in total. The first-order valence-electron chi connectivity index (χ1n) is 7.17. The standard InChI is InChI=1S/C15H14N6O3/c16-6-3-9-20(10-4-7-17)13(22)11-21-14(19-24-15(21)23)12-5-1-2-8-18-12/h1-2,5,8H,3-4,9-11H2. The molecule has 2 rings (SSSR count). The smallest absolute Gasteiger partial charge is 0.339 e. The van der Waals surface area contributed by atoms with Gasteiger partial charge >= 0.3 is 5.76 Å². The Morgan fingerprint density at radius 1 is 1.25 bits per heavy atom. The topological polar surface area (TPSA) is 129 Å². The average Bonchev–Trinajstić information content (AvgIpc) is 2.96. The van der Waals surface area contributed by atoms with Crippen molar-refractivity contribution in [3.63, 3.8) is 0 Å². The highest BCUT2D eigenvalue weighted by molar-refractivity contribution is 5.76. The Balaban J connectivity index is 2.22. The molecule has 2 aromatic rings. The van der Waals surface area contributed by atoms with Crippen LogP contribution in [0.4, 0.5) is 0 Å². The van der Waals surface area contributed by atoms with E-state index in [1.165, 1.54) is 11.1 Å². The van der Waals surface area contributed by atoms with E-state index in [1.54, 1.807) is 18.2 Å². The molecule has 0 saturated carbocycles. The molecule has 0 unspecified atom stereocenters. The molecule has 0 aliphatic heterocycles. The van der Waals surface area contributed by atoms with Crippen molar-refractivity contribution in [2.45, 2.75) is 19.4 Å². The monoisotopic (exact) mass is 326 g/mol. The van der Waals surface area contributed by atoms with Crippen molar-refractivity contribution in [2.24, 2.45) is 0 Å². The van der Waals surface area contributed by atoms with Crippen LogP contribution in [-0.4, -0.2) is 38.6 Å². The first kappa shape index (κ1) is 16.9. The SMILES string of the molecule is N#CCCN(CCC#N)C(=O)Cn1c(-c2ccccn2)noc1=O. The molecule has 1 amide bonds. The second-order valence-corrected chi connectivity index (χ2v) is 4.77. The van der Waals surface area contributed by atoms with Gasteiger partial charge in [-0.05, 0) is 12.1 Å². The summed E-state index contributed by atoms with van der Waals surface area (Å²) in [6.07, 6.45) is 1.82. The van der Waals surface area contributed by atoms with Crippen molar-refractivity contribution < 1.29 is 9.32 Å². The van der Waals surface area contributed by atoms with Crippen LogP contribution in [0.2, 0.25) is 0 Å². The zero-order valence-electron chi connectivity index (χ0n) is 12.8. The molecule has 0 aliphatic carbocycles. The Hall–Kier alpha value is -3.46. The van der Waals surface area contributed by atoms with Gasteiger partial charge in [-0.3, -0.25) is 14.3 Å². The van der Waals surface area contributed by atoms with Crippen LogP contribution in [0.5, 0.6) is 0 Å². The van der Waals surface area contributed by atoms with Gasteiger partial charge in [0, 0.05) is 19.3 Å². The van der Waals surface area contributed by atoms with Crippen LogP contribution in [0.3, 0.4) is 0 Å². The summed E-state index contributed by atoms with van der Waals surface area (Å²) in [6, 6.07) is 8.97. The minimum Gasteiger partial charge on any atom is -0.339 e. The molecule has 0 spiro atoms. The second-order valence-electron chi connectivity index (χ2n) is 4.77. The van der Waals surface area contributed by atoms with Crippen molar-refractivity contribution in [1.29, 1.82) is 10.5 Å². The van der Waals surface area contributed by atoms with Crippen molar-refractivity contribution in [3.05, 3.63) is 34.9 Å². The number of nitriles is 2. The molecule has 122 valence electrons. The summed E-state index contributed by atoms with van der Waals surface area (Å²) < 4.78 is 5.71. The lowest BCUT2D eigenvalue weighted by molar-refractivity contribution is -0.131. The molecular weight excluding hydrogens is 312 g/mol. The molecule has 2 heterocycles. The highest BCUT2D eigenvalue weighted by Gasteiger charge is 2.20. The fourth-order valence-corrected chi connectivity index (χ4v) is 2.05. The van der Waals surface area contributed by atoms with Gasteiger partial charge < -0.3 is 4.90 Å². The van der Waals surface area contributed by atoms with Gasteiger partial charge in [0.2, 0.25) is 11.7 Å². The van der Waals surface area contributed by atoms with Gasteiger partial charge in [-0.15, -0.1) is 0 Å². The number of hydrogen-bond donors (Lipinski definition) is 0. The number of pyridine rings is 1. The summed E-state index contributed by atoms with van der Waals surface area (Å²) in [5.74, 6) is -1.03. The van der Waals surface area contributed by atoms with Gasteiger partial charge in [0.05, 0.1) is 25.0 Å². The van der Waals surface area contributed by atoms with Crippen molar-refractivity contribution in [1.82, 2.24) is 19.6 Å². The lowest BCUT2D eigenvalue weighted by atomic mass is 10.3. The third kappa shape index (κ3) is 4.05. The minimum atomic E-state index is -0.774. The Labute approximate surface area is 137 Å². The summed E-state index contributed by atoms with van der Waals surface area (Å²) >= 11 is 0. The van der Waals surface area contributed by atoms with Gasteiger partial charge in [-0.2, -0.15) is 10.5 Å². The fourth-order valence-electron chi connectivity index (χ4n) is 2.05. The number of rotatable bonds is 7. The maximum Gasteiger partial charge on any atom is 0.442 e. The van der Waals surface area contributed by atoms with E-state index in [0.717, 1.165) is 4.57 Å². The zero-order valence-corrected chi connectivity index (χ0v) is 12.8. The van der Waals surface area contributed by atoms with Crippen molar-refractivity contribution in [3.8, 4) is 23.7 Å². The van der Waals surface area contributed by atoms with Gasteiger partial charge in [0.1, 0.15) is 12.2 Å². The summed E-state index contributed by atoms with van der Waals surface area (Å²) in [5.41, 5.74) is 0.400. The van der Waals surface area contributed by atoms with E-state index in [4.69, 9.17) is 10.5 Å². The molecule has 0 N–H and O–H groups in total. The van der Waals surface area contributed by atoms with Crippen LogP contribution in [0.15, 0.2) is 33.7 Å². The van der Waals surface area contributed by atoms with Crippen LogP contribution in [0.25, 0.3) is 11.5 Å². The molecular formula is C15H14N6O3. The Bertz CT molecular complexity index is 809. The molecule has 0 aliphatic rings. The molecule has 0 radical (unpaired) electrons. The molecule has 0 bridgehead atoms. The lowest BCUT2D eigenvalue weighted by Gasteiger charge is -2.20. The average molecular weight is 326 g/mol. The number of nitrogens with zero attached hydrogens (tertiary/aromatic N) is 6. The summed E-state index contributed by atoms with van der Waals surface area (Å²) in [4.78, 5) is 29.7. The fraction of sp³-hybridized carbons (Fsp3) is 0.333. The van der Waals surface area contributed by atoms with E-state index in [2.05, 4.69) is 14.7 Å². The number of hydrogen-bond acceptors (Lipinski definition) is 7. The third-order valence-corrected chi connectivity index (χ3v) is 3.21. The third-order valence-electron chi connectivity index (χ3n) is 3.21. The van der Waals surface area contributed by atoms with Crippen LogP contribution in [0.1, 0.15) is 12.8 Å². The molecule has 0 fully saturated rings. The maximum atomic E-state index is 12.4. The zero-order chi connectivity index (χ0) is 17.4. The van der Waals surface area contributed by atoms with Gasteiger partial charge in [-0.1, -0.05) is 11.2 Å². The number of carbonyl (C=O) groups excluding carboxylic acids is 1. The quantitative estimate of drug-likeness (QED) is 0.726. The van der Waals surface area contributed by atoms with E-state index in [0.29, 0.717) is 5.69 Å². The molecule has 9 heteroatoms. The number of amides is 1. The van der Waals surface area contributed by atoms with Crippen molar-refractivity contribution in [2.75, 3.05) is 13.1 Å². The van der Waals surface area contributed by atoms with Gasteiger partial charge in [0.25, 0.3) is 0 Å². The summed E-state index contributed by atoms with van der Waals surface area (Å²) in [7, 11) is 0. The highest BCUT2D eigenvalue weighted by atomic mass is 16.5. The normalized spacial score (nSPS) is 9.92. The number of aromatic nitrogens is 3. The Morgan fingerprint density at radius 2 is 1.96 bits per heavy atom. The molecule has 24 heavy (non-hydrogen) atoms. The van der Waals surface area contributed by atoms with Gasteiger partial charge in [0.15, 0.2) is 0 Å². The second kappa shape index (κ2) is 8.25. The van der Waals surface area contributed by atoms with E-state index in [-0.39, 0.29) is 38.3 Å². The van der Waals surface area contributed by atoms with Gasteiger partial charge in [-0.25, -0.2) is 9.36 Å². The Morgan fingerprint density at radius 3 is 2.54 bits per heavy atom. The highest BCUT2D eigenvalue weighted by Crippen LogP contribution is 2.12. The summed E-state index contributed by atoms with van der Waals surface area (Å²) in [5, 5.41) is 21.0. The van der Waals surface area contributed by atoms with E-state index >= 15 is 0 Å². The van der Waals surface area contributed by atoms with E-state index in [9.17, 15) is 9.59 Å². The summed E-state index contributed by atoms with van der Waals surface area (Å²) in [6.45, 7) is 0.0804. The van der Waals surface area contributed by atoms with Crippen LogP contribution in [0, 0.1) is 22.7 Å². The van der Waals surface area contributed by atoms with E-state index in [1.807, 2.05) is 12.1 Å². The molecule has 0 saturated heterocycles. The first-order chi connectivity index (χ1) is 11.7. The maximum absolute atomic E-state index is 12.4.